The molecule has 1 rings (SSSR count). The summed E-state index contributed by atoms with van der Waals surface area (Å²) in [7, 11) is -1.63. The Hall–Kier alpha value is 0.160. The molecule has 0 saturated heterocycles. The van der Waals surface area contributed by atoms with Crippen LogP contribution >= 0.6 is 11.6 Å². The lowest BCUT2D eigenvalue weighted by atomic mass is 10.5. The lowest BCUT2D eigenvalue weighted by Crippen LogP contribution is -2.43. The van der Waals surface area contributed by atoms with E-state index in [-0.39, 0.29) is 6.04 Å². The highest BCUT2D eigenvalue weighted by Crippen LogP contribution is 2.30. The van der Waals surface area contributed by atoms with Gasteiger partial charge in [-0.25, -0.2) is 0 Å². The minimum atomic E-state index is -3.26. The van der Waals surface area contributed by atoms with Crippen LogP contribution in [0.4, 0.5) is 0 Å². The van der Waals surface area contributed by atoms with Crippen LogP contribution in [-0.2, 0) is 10.2 Å². The predicted octanol–water partition coefficient (Wildman–Crippen LogP) is 1.67. The van der Waals surface area contributed by atoms with Gasteiger partial charge >= 0.3 is 0 Å². The Bertz CT molecular complexity index is 304. The van der Waals surface area contributed by atoms with E-state index in [1.165, 1.54) is 4.31 Å². The number of hydrogen-bond acceptors (Lipinski definition) is 2. The first-order chi connectivity index (χ1) is 7.54. The van der Waals surface area contributed by atoms with E-state index < -0.39 is 10.2 Å². The summed E-state index contributed by atoms with van der Waals surface area (Å²) in [6.07, 6.45) is 3.56. The molecule has 16 heavy (non-hydrogen) atoms. The van der Waals surface area contributed by atoms with Gasteiger partial charge in [0.25, 0.3) is 10.2 Å². The normalized spacial score (nSPS) is 17.3. The second-order valence-electron chi connectivity index (χ2n) is 4.21. The Labute approximate surface area is 104 Å². The van der Waals surface area contributed by atoms with E-state index in [2.05, 4.69) is 0 Å². The zero-order valence-corrected chi connectivity index (χ0v) is 11.6. The van der Waals surface area contributed by atoms with Crippen molar-refractivity contribution < 1.29 is 8.42 Å². The third kappa shape index (κ3) is 3.58. The van der Waals surface area contributed by atoms with Gasteiger partial charge in [0.15, 0.2) is 0 Å². The number of halogens is 1. The molecule has 0 spiro atoms. The Kier molecular flexibility index (Phi) is 5.50. The molecule has 0 bridgehead atoms. The van der Waals surface area contributed by atoms with Crippen LogP contribution in [0.25, 0.3) is 0 Å². The number of hydrogen-bond donors (Lipinski definition) is 0. The first-order valence-corrected chi connectivity index (χ1v) is 7.76. The fourth-order valence-corrected chi connectivity index (χ4v) is 3.48. The predicted molar refractivity (Wildman–Crippen MR) is 66.9 cm³/mol. The van der Waals surface area contributed by atoms with Gasteiger partial charge < -0.3 is 0 Å². The summed E-state index contributed by atoms with van der Waals surface area (Å²) < 4.78 is 27.5. The van der Waals surface area contributed by atoms with Crippen LogP contribution in [0, 0.1) is 0 Å². The summed E-state index contributed by atoms with van der Waals surface area (Å²) in [4.78, 5) is 0. The molecule has 0 amide bonds. The van der Waals surface area contributed by atoms with Crippen molar-refractivity contribution in [2.45, 2.75) is 38.6 Å². The summed E-state index contributed by atoms with van der Waals surface area (Å²) in [6.45, 7) is 3.13. The van der Waals surface area contributed by atoms with Crippen molar-refractivity contribution in [3.8, 4) is 0 Å². The molecule has 0 aliphatic heterocycles. The van der Waals surface area contributed by atoms with E-state index in [9.17, 15) is 8.42 Å². The van der Waals surface area contributed by atoms with Crippen molar-refractivity contribution in [1.82, 2.24) is 8.61 Å². The van der Waals surface area contributed by atoms with E-state index in [1.807, 2.05) is 6.92 Å². The Morgan fingerprint density at radius 1 is 1.31 bits per heavy atom. The number of rotatable bonds is 8. The molecular formula is C10H21ClN2O2S. The van der Waals surface area contributed by atoms with Crippen molar-refractivity contribution in [2.24, 2.45) is 0 Å². The topological polar surface area (TPSA) is 40.6 Å². The maximum atomic E-state index is 12.2. The fourth-order valence-electron chi connectivity index (χ4n) is 1.65. The summed E-state index contributed by atoms with van der Waals surface area (Å²) in [6, 6.07) is 0.239. The van der Waals surface area contributed by atoms with Crippen LogP contribution in [0.2, 0.25) is 0 Å². The van der Waals surface area contributed by atoms with Crippen molar-refractivity contribution in [3.63, 3.8) is 0 Å². The standard InChI is InChI=1S/C10H21ClN2O2S/c1-3-8-13(10-5-6-10)16(14,15)12(2)9-4-7-11/h10H,3-9H2,1-2H3. The average Bonchev–Trinajstić information content (AvgIpc) is 3.05. The number of alkyl halides is 1. The zero-order valence-electron chi connectivity index (χ0n) is 10.0. The van der Waals surface area contributed by atoms with E-state index in [4.69, 9.17) is 11.6 Å². The van der Waals surface area contributed by atoms with Gasteiger partial charge in [-0.15, -0.1) is 11.6 Å². The minimum Gasteiger partial charge on any atom is -0.195 e. The largest absolute Gasteiger partial charge is 0.281 e. The molecule has 1 saturated carbocycles. The zero-order chi connectivity index (χ0) is 12.2. The minimum absolute atomic E-state index is 0.239. The highest BCUT2D eigenvalue weighted by atomic mass is 35.5. The molecule has 0 aromatic carbocycles. The second-order valence-corrected chi connectivity index (χ2v) is 6.58. The SMILES string of the molecule is CCCN(C1CC1)S(=O)(=O)N(C)CCCCl. The van der Waals surface area contributed by atoms with Gasteiger partial charge in [-0.3, -0.25) is 0 Å². The Morgan fingerprint density at radius 2 is 1.94 bits per heavy atom. The maximum Gasteiger partial charge on any atom is 0.281 e. The van der Waals surface area contributed by atoms with E-state index in [1.54, 1.807) is 11.4 Å². The van der Waals surface area contributed by atoms with Crippen LogP contribution < -0.4 is 0 Å². The Morgan fingerprint density at radius 3 is 2.38 bits per heavy atom. The molecule has 0 N–H and O–H groups in total. The molecule has 1 aliphatic carbocycles. The lowest BCUT2D eigenvalue weighted by molar-refractivity contribution is 0.352. The quantitative estimate of drug-likeness (QED) is 0.629. The molecule has 0 aromatic rings. The van der Waals surface area contributed by atoms with Crippen molar-refractivity contribution in [2.75, 3.05) is 26.0 Å². The molecule has 1 aliphatic rings. The van der Waals surface area contributed by atoms with Crippen molar-refractivity contribution >= 4 is 21.8 Å². The molecule has 0 unspecified atom stereocenters. The van der Waals surface area contributed by atoms with Crippen molar-refractivity contribution in [3.05, 3.63) is 0 Å². The van der Waals surface area contributed by atoms with Gasteiger partial charge in [-0.2, -0.15) is 17.0 Å². The third-order valence-electron chi connectivity index (χ3n) is 2.69. The van der Waals surface area contributed by atoms with E-state index in [0.717, 1.165) is 19.3 Å². The Balaban J connectivity index is 2.64. The molecule has 96 valence electrons. The van der Waals surface area contributed by atoms with Gasteiger partial charge in [0.2, 0.25) is 0 Å². The van der Waals surface area contributed by atoms with Crippen LogP contribution in [0.1, 0.15) is 32.6 Å². The molecular weight excluding hydrogens is 248 g/mol. The van der Waals surface area contributed by atoms with Gasteiger partial charge in [-0.05, 0) is 25.7 Å². The van der Waals surface area contributed by atoms with Crippen LogP contribution in [0.5, 0.6) is 0 Å². The summed E-state index contributed by atoms with van der Waals surface area (Å²) in [5.74, 6) is 0.497. The van der Waals surface area contributed by atoms with E-state index >= 15 is 0 Å². The molecule has 0 heterocycles. The fraction of sp³-hybridized carbons (Fsp3) is 1.00. The second kappa shape index (κ2) is 6.19. The maximum absolute atomic E-state index is 12.2. The van der Waals surface area contributed by atoms with Gasteiger partial charge in [-0.1, -0.05) is 6.92 Å². The summed E-state index contributed by atoms with van der Waals surface area (Å²) >= 11 is 5.58. The molecule has 0 atom stereocenters. The molecule has 6 heteroatoms. The molecule has 1 fully saturated rings. The smallest absolute Gasteiger partial charge is 0.195 e. The van der Waals surface area contributed by atoms with Crippen LogP contribution in [0.15, 0.2) is 0 Å². The number of nitrogens with zero attached hydrogens (tertiary/aromatic N) is 2. The molecule has 0 radical (unpaired) electrons. The average molecular weight is 269 g/mol. The van der Waals surface area contributed by atoms with Gasteiger partial charge in [0, 0.05) is 32.1 Å². The van der Waals surface area contributed by atoms with Gasteiger partial charge in [0.1, 0.15) is 0 Å². The van der Waals surface area contributed by atoms with Crippen LogP contribution in [-0.4, -0.2) is 49.1 Å². The summed E-state index contributed by atoms with van der Waals surface area (Å²) in [5, 5.41) is 0. The molecule has 0 aromatic heterocycles. The third-order valence-corrected chi connectivity index (χ3v) is 5.01. The monoisotopic (exact) mass is 268 g/mol. The highest BCUT2D eigenvalue weighted by Gasteiger charge is 2.38. The summed E-state index contributed by atoms with van der Waals surface area (Å²) in [5.41, 5.74) is 0. The first-order valence-electron chi connectivity index (χ1n) is 5.83. The van der Waals surface area contributed by atoms with Crippen LogP contribution in [0.3, 0.4) is 0 Å². The first kappa shape index (κ1) is 14.2. The molecule has 4 nitrogen and oxygen atoms in total. The lowest BCUT2D eigenvalue weighted by Gasteiger charge is -2.27. The van der Waals surface area contributed by atoms with Gasteiger partial charge in [0.05, 0.1) is 0 Å². The van der Waals surface area contributed by atoms with E-state index in [0.29, 0.717) is 25.4 Å². The highest BCUT2D eigenvalue weighted by molar-refractivity contribution is 7.86. The van der Waals surface area contributed by atoms with Crippen molar-refractivity contribution in [1.29, 1.82) is 0 Å².